The molecule has 2 heterocycles. The first-order valence-electron chi connectivity index (χ1n) is 7.90. The number of carbonyl (C=O) groups is 3. The summed E-state index contributed by atoms with van der Waals surface area (Å²) in [5, 5.41) is 12.2. The minimum atomic E-state index is -0.859. The number of hydrogen-bond acceptors (Lipinski definition) is 3. The number of aliphatic carboxylic acids is 1. The number of fused-ring (bicyclic) bond motifs is 1. The number of hydrogen-bond donors (Lipinski definition) is 2. The molecule has 0 aromatic heterocycles. The number of amides is 2. The van der Waals surface area contributed by atoms with E-state index in [2.05, 4.69) is 5.32 Å². The molecule has 21 heavy (non-hydrogen) atoms. The van der Waals surface area contributed by atoms with Crippen molar-refractivity contribution in [2.24, 2.45) is 17.8 Å². The van der Waals surface area contributed by atoms with E-state index in [-0.39, 0.29) is 23.8 Å². The average molecular weight is 294 g/mol. The van der Waals surface area contributed by atoms with Crippen LogP contribution in [-0.4, -0.2) is 46.9 Å². The van der Waals surface area contributed by atoms with Crippen molar-refractivity contribution in [1.82, 2.24) is 10.2 Å². The smallest absolute Gasteiger partial charge is 0.307 e. The predicted octanol–water partition coefficient (Wildman–Crippen LogP) is 0.614. The molecule has 2 amide bonds. The maximum Gasteiger partial charge on any atom is 0.307 e. The first kappa shape index (κ1) is 14.4. The van der Waals surface area contributed by atoms with E-state index in [0.29, 0.717) is 25.9 Å². The van der Waals surface area contributed by atoms with Gasteiger partial charge in [-0.3, -0.25) is 14.4 Å². The molecular formula is C15H22N2O4. The summed E-state index contributed by atoms with van der Waals surface area (Å²) in [4.78, 5) is 37.8. The lowest BCUT2D eigenvalue weighted by molar-refractivity contribution is -0.154. The third kappa shape index (κ3) is 2.51. The van der Waals surface area contributed by atoms with E-state index in [1.807, 2.05) is 0 Å². The topological polar surface area (TPSA) is 86.7 Å². The Morgan fingerprint density at radius 2 is 1.81 bits per heavy atom. The second-order valence-electron chi connectivity index (χ2n) is 6.43. The molecule has 0 aromatic carbocycles. The zero-order valence-corrected chi connectivity index (χ0v) is 12.1. The van der Waals surface area contributed by atoms with Gasteiger partial charge in [-0.15, -0.1) is 0 Å². The van der Waals surface area contributed by atoms with E-state index in [4.69, 9.17) is 0 Å². The Kier molecular flexibility index (Phi) is 3.87. The molecule has 3 aliphatic rings. The van der Waals surface area contributed by atoms with Gasteiger partial charge in [0.05, 0.1) is 23.8 Å². The number of likely N-dealkylation sites (tertiary alicyclic amines) is 1. The van der Waals surface area contributed by atoms with Gasteiger partial charge < -0.3 is 15.3 Å². The van der Waals surface area contributed by atoms with Gasteiger partial charge in [-0.1, -0.05) is 12.8 Å². The molecule has 3 rings (SSSR count). The number of carbonyl (C=O) groups excluding carboxylic acids is 2. The molecule has 6 heteroatoms. The molecule has 0 aromatic rings. The van der Waals surface area contributed by atoms with Gasteiger partial charge in [0, 0.05) is 13.1 Å². The quantitative estimate of drug-likeness (QED) is 0.781. The second-order valence-corrected chi connectivity index (χ2v) is 6.43. The Balaban J connectivity index is 1.77. The Labute approximate surface area is 123 Å². The standard InChI is InChI=1S/C15H22N2O4/c18-13-11-6-3-7-17(12(11)8-16-13)14(19)9-4-1-2-5-10(9)15(20)21/h9-12H,1-8H2,(H,16,18)(H,20,21)/t9-,10+,11?,12?/m1/s1. The maximum absolute atomic E-state index is 12.8. The van der Waals surface area contributed by atoms with Crippen LogP contribution in [-0.2, 0) is 14.4 Å². The van der Waals surface area contributed by atoms with Gasteiger partial charge >= 0.3 is 5.97 Å². The first-order chi connectivity index (χ1) is 10.1. The highest BCUT2D eigenvalue weighted by atomic mass is 16.4. The number of carboxylic acid groups (broad SMARTS) is 1. The molecule has 0 bridgehead atoms. The highest BCUT2D eigenvalue weighted by Gasteiger charge is 2.46. The Bertz CT molecular complexity index is 465. The normalized spacial score (nSPS) is 36.0. The summed E-state index contributed by atoms with van der Waals surface area (Å²) in [5.74, 6) is -1.94. The molecule has 2 saturated heterocycles. The van der Waals surface area contributed by atoms with Crippen LogP contribution in [0.15, 0.2) is 0 Å². The summed E-state index contributed by atoms with van der Waals surface area (Å²) in [6.45, 7) is 1.16. The monoisotopic (exact) mass is 294 g/mol. The molecule has 116 valence electrons. The number of nitrogens with one attached hydrogen (secondary N) is 1. The summed E-state index contributed by atoms with van der Waals surface area (Å²) in [5.41, 5.74) is 0. The Morgan fingerprint density at radius 1 is 1.10 bits per heavy atom. The van der Waals surface area contributed by atoms with Crippen LogP contribution >= 0.6 is 0 Å². The van der Waals surface area contributed by atoms with Gasteiger partial charge in [0.1, 0.15) is 0 Å². The number of rotatable bonds is 2. The van der Waals surface area contributed by atoms with Crippen molar-refractivity contribution < 1.29 is 19.5 Å². The summed E-state index contributed by atoms with van der Waals surface area (Å²) >= 11 is 0. The molecule has 0 radical (unpaired) electrons. The number of nitrogens with zero attached hydrogens (tertiary/aromatic N) is 1. The molecule has 1 aliphatic carbocycles. The van der Waals surface area contributed by atoms with Crippen molar-refractivity contribution >= 4 is 17.8 Å². The van der Waals surface area contributed by atoms with Gasteiger partial charge in [0.25, 0.3) is 0 Å². The van der Waals surface area contributed by atoms with Crippen molar-refractivity contribution in [3.8, 4) is 0 Å². The van der Waals surface area contributed by atoms with E-state index in [0.717, 1.165) is 25.7 Å². The van der Waals surface area contributed by atoms with Crippen LogP contribution in [0, 0.1) is 17.8 Å². The zero-order chi connectivity index (χ0) is 15.0. The highest BCUT2D eigenvalue weighted by Crippen LogP contribution is 2.35. The van der Waals surface area contributed by atoms with Gasteiger partial charge in [-0.25, -0.2) is 0 Å². The van der Waals surface area contributed by atoms with Crippen LogP contribution in [0.25, 0.3) is 0 Å². The Hall–Kier alpha value is -1.59. The van der Waals surface area contributed by atoms with Gasteiger partial charge in [-0.05, 0) is 25.7 Å². The predicted molar refractivity (Wildman–Crippen MR) is 74.3 cm³/mol. The summed E-state index contributed by atoms with van der Waals surface area (Å²) < 4.78 is 0. The van der Waals surface area contributed by atoms with Crippen LogP contribution in [0.2, 0.25) is 0 Å². The van der Waals surface area contributed by atoms with Crippen LogP contribution in [0.4, 0.5) is 0 Å². The lowest BCUT2D eigenvalue weighted by Gasteiger charge is -2.40. The van der Waals surface area contributed by atoms with E-state index in [1.54, 1.807) is 4.90 Å². The minimum absolute atomic E-state index is 0.0379. The largest absolute Gasteiger partial charge is 0.481 e. The highest BCUT2D eigenvalue weighted by molar-refractivity contribution is 5.88. The lowest BCUT2D eigenvalue weighted by Crippen LogP contribution is -2.52. The average Bonchev–Trinajstić information content (AvgIpc) is 2.88. The molecule has 2 N–H and O–H groups in total. The molecule has 6 nitrogen and oxygen atoms in total. The number of carboxylic acids is 1. The van der Waals surface area contributed by atoms with Crippen molar-refractivity contribution in [3.63, 3.8) is 0 Å². The van der Waals surface area contributed by atoms with Crippen LogP contribution in [0.3, 0.4) is 0 Å². The summed E-state index contributed by atoms with van der Waals surface area (Å²) in [7, 11) is 0. The zero-order valence-electron chi connectivity index (χ0n) is 12.1. The molecule has 2 unspecified atom stereocenters. The summed E-state index contributed by atoms with van der Waals surface area (Å²) in [6.07, 6.45) is 4.69. The molecule has 1 saturated carbocycles. The van der Waals surface area contributed by atoms with Crippen LogP contribution in [0.5, 0.6) is 0 Å². The van der Waals surface area contributed by atoms with Crippen LogP contribution < -0.4 is 5.32 Å². The number of piperidine rings is 1. The van der Waals surface area contributed by atoms with Crippen molar-refractivity contribution in [1.29, 1.82) is 0 Å². The molecule has 3 fully saturated rings. The SMILES string of the molecule is O=C1NCC2C1CCCN2C(=O)[C@@H]1CCCC[C@@H]1C(=O)O. The lowest BCUT2D eigenvalue weighted by atomic mass is 9.77. The van der Waals surface area contributed by atoms with Crippen molar-refractivity contribution in [2.45, 2.75) is 44.6 Å². The third-order valence-corrected chi connectivity index (χ3v) is 5.28. The van der Waals surface area contributed by atoms with Gasteiger partial charge in [0.15, 0.2) is 0 Å². The van der Waals surface area contributed by atoms with E-state index in [9.17, 15) is 19.5 Å². The van der Waals surface area contributed by atoms with Crippen molar-refractivity contribution in [2.75, 3.05) is 13.1 Å². The van der Waals surface area contributed by atoms with Gasteiger partial charge in [0.2, 0.25) is 11.8 Å². The van der Waals surface area contributed by atoms with Crippen molar-refractivity contribution in [3.05, 3.63) is 0 Å². The molecule has 0 spiro atoms. The molecular weight excluding hydrogens is 272 g/mol. The minimum Gasteiger partial charge on any atom is -0.481 e. The van der Waals surface area contributed by atoms with E-state index in [1.165, 1.54) is 0 Å². The van der Waals surface area contributed by atoms with Gasteiger partial charge in [-0.2, -0.15) is 0 Å². The third-order valence-electron chi connectivity index (χ3n) is 5.28. The fourth-order valence-electron chi connectivity index (χ4n) is 4.16. The van der Waals surface area contributed by atoms with E-state index >= 15 is 0 Å². The van der Waals surface area contributed by atoms with Crippen LogP contribution in [0.1, 0.15) is 38.5 Å². The fraction of sp³-hybridized carbons (Fsp3) is 0.800. The van der Waals surface area contributed by atoms with E-state index < -0.39 is 17.8 Å². The fourth-order valence-corrected chi connectivity index (χ4v) is 4.16. The maximum atomic E-state index is 12.8. The summed E-state index contributed by atoms with van der Waals surface area (Å²) in [6, 6.07) is -0.0740. The molecule has 4 atom stereocenters. The molecule has 2 aliphatic heterocycles. The first-order valence-corrected chi connectivity index (χ1v) is 7.90. The second kappa shape index (κ2) is 5.66. The Morgan fingerprint density at radius 3 is 2.52 bits per heavy atom.